The predicted octanol–water partition coefficient (Wildman–Crippen LogP) is 4.63. The normalized spacial score (nSPS) is 21.4. The van der Waals surface area contributed by atoms with E-state index in [-0.39, 0.29) is 29.6 Å². The van der Waals surface area contributed by atoms with Crippen LogP contribution in [0, 0.1) is 0 Å². The van der Waals surface area contributed by atoms with Crippen LogP contribution in [0.5, 0.6) is 0 Å². The summed E-state index contributed by atoms with van der Waals surface area (Å²) < 4.78 is 0. The van der Waals surface area contributed by atoms with Gasteiger partial charge in [-0.3, -0.25) is 0 Å². The van der Waals surface area contributed by atoms with Gasteiger partial charge in [-0.25, -0.2) is 0 Å². The van der Waals surface area contributed by atoms with Crippen LogP contribution in [0.1, 0.15) is 87.2 Å². The minimum atomic E-state index is 0. The van der Waals surface area contributed by atoms with Gasteiger partial charge in [-0.05, 0) is 54.0 Å². The molecule has 2 aliphatic carbocycles. The van der Waals surface area contributed by atoms with Gasteiger partial charge in [0.1, 0.15) is 0 Å². The van der Waals surface area contributed by atoms with Crippen molar-refractivity contribution in [2.75, 3.05) is 0 Å². The van der Waals surface area contributed by atoms with E-state index in [2.05, 4.69) is 27.4 Å². The van der Waals surface area contributed by atoms with E-state index in [0.29, 0.717) is 0 Å². The first-order valence-electron chi connectivity index (χ1n) is 8.24. The van der Waals surface area contributed by atoms with Crippen LogP contribution in [0.3, 0.4) is 0 Å². The fraction of sp³-hybridized carbons (Fsp3) is 0.667. The first kappa shape index (κ1) is 17.0. The first-order chi connectivity index (χ1) is 9.36. The zero-order valence-corrected chi connectivity index (χ0v) is 13.2. The molecule has 0 bridgehead atoms. The molecule has 0 N–H and O–H groups in total. The molecule has 2 fully saturated rings. The quantitative estimate of drug-likeness (QED) is 0.551. The fourth-order valence-electron chi connectivity index (χ4n) is 4.23. The molecule has 3 rings (SSSR count). The second-order valence-corrected chi connectivity index (χ2v) is 7.14. The Labute approximate surface area is 149 Å². The van der Waals surface area contributed by atoms with Crippen LogP contribution in [0.2, 0.25) is 0 Å². The molecule has 1 aromatic carbocycles. The standard InChI is InChI=1S/C18H27P.Na.H/c19-17-13-7-12-16(14-8-3-1-4-9-14)18(17)15-10-5-2-6-11-15;;/h7,12-15H,1-6,8-11,19H2;;. The van der Waals surface area contributed by atoms with Crippen LogP contribution in [0.25, 0.3) is 0 Å². The van der Waals surface area contributed by atoms with E-state index < -0.39 is 0 Å². The van der Waals surface area contributed by atoms with E-state index in [1.807, 2.05) is 0 Å². The van der Waals surface area contributed by atoms with Crippen molar-refractivity contribution in [3.05, 3.63) is 29.3 Å². The molecule has 20 heavy (non-hydrogen) atoms. The summed E-state index contributed by atoms with van der Waals surface area (Å²) in [5, 5.41) is 1.48. The van der Waals surface area contributed by atoms with E-state index in [4.69, 9.17) is 0 Å². The molecule has 2 saturated carbocycles. The predicted molar refractivity (Wildman–Crippen MR) is 94.6 cm³/mol. The fourth-order valence-corrected chi connectivity index (χ4v) is 4.75. The summed E-state index contributed by atoms with van der Waals surface area (Å²) in [6, 6.07) is 7.02. The second-order valence-electron chi connectivity index (χ2n) is 6.52. The van der Waals surface area contributed by atoms with Crippen molar-refractivity contribution in [3.63, 3.8) is 0 Å². The number of hydrogen-bond acceptors (Lipinski definition) is 0. The minimum absolute atomic E-state index is 0. The van der Waals surface area contributed by atoms with Crippen molar-refractivity contribution >= 4 is 44.1 Å². The molecule has 0 spiro atoms. The average molecular weight is 298 g/mol. The zero-order valence-electron chi connectivity index (χ0n) is 12.0. The Bertz CT molecular complexity index is 417. The number of rotatable bonds is 2. The molecule has 1 unspecified atom stereocenters. The van der Waals surface area contributed by atoms with E-state index in [0.717, 1.165) is 11.8 Å². The summed E-state index contributed by atoms with van der Waals surface area (Å²) in [4.78, 5) is 0. The Morgan fingerprint density at radius 3 is 1.90 bits per heavy atom. The third kappa shape index (κ3) is 3.89. The van der Waals surface area contributed by atoms with Crippen LogP contribution in [0.15, 0.2) is 18.2 Å². The van der Waals surface area contributed by atoms with Gasteiger partial charge in [-0.2, -0.15) is 0 Å². The third-order valence-corrected chi connectivity index (χ3v) is 5.74. The van der Waals surface area contributed by atoms with Gasteiger partial charge in [0.25, 0.3) is 0 Å². The van der Waals surface area contributed by atoms with E-state index in [1.54, 1.807) is 11.1 Å². The molecule has 0 aromatic heterocycles. The maximum absolute atomic E-state index is 3.01. The molecule has 1 atom stereocenters. The molecule has 0 amide bonds. The molecule has 0 aliphatic heterocycles. The van der Waals surface area contributed by atoms with Crippen LogP contribution < -0.4 is 5.30 Å². The molecule has 0 heterocycles. The Kier molecular flexibility index (Phi) is 7.08. The van der Waals surface area contributed by atoms with Crippen molar-refractivity contribution in [1.29, 1.82) is 0 Å². The molecule has 106 valence electrons. The van der Waals surface area contributed by atoms with Gasteiger partial charge >= 0.3 is 29.6 Å². The molecular weight excluding hydrogens is 270 g/mol. The molecule has 0 nitrogen and oxygen atoms in total. The molecule has 1 aromatic rings. The van der Waals surface area contributed by atoms with Crippen LogP contribution in [0.4, 0.5) is 0 Å². The van der Waals surface area contributed by atoms with Gasteiger partial charge in [0, 0.05) is 0 Å². The van der Waals surface area contributed by atoms with Gasteiger partial charge in [0.15, 0.2) is 0 Å². The first-order valence-corrected chi connectivity index (χ1v) is 8.82. The van der Waals surface area contributed by atoms with Gasteiger partial charge < -0.3 is 0 Å². The van der Waals surface area contributed by atoms with Crippen LogP contribution in [-0.4, -0.2) is 29.6 Å². The van der Waals surface area contributed by atoms with Crippen LogP contribution >= 0.6 is 9.24 Å². The SMILES string of the molecule is Pc1cccc(C2CCCCC2)c1C1CCCCC1.[NaH]. The average Bonchev–Trinajstić information content (AvgIpc) is 2.49. The summed E-state index contributed by atoms with van der Waals surface area (Å²) in [5.74, 6) is 1.70. The summed E-state index contributed by atoms with van der Waals surface area (Å²) in [6.45, 7) is 0. The van der Waals surface area contributed by atoms with Crippen molar-refractivity contribution in [2.45, 2.75) is 76.0 Å². The molecule has 2 aliphatic rings. The third-order valence-electron chi connectivity index (χ3n) is 5.23. The Hall–Kier alpha value is 0.650. The summed E-state index contributed by atoms with van der Waals surface area (Å²) in [7, 11) is 3.01. The Balaban J connectivity index is 0.00000147. The van der Waals surface area contributed by atoms with Crippen molar-refractivity contribution < 1.29 is 0 Å². The van der Waals surface area contributed by atoms with E-state index >= 15 is 0 Å². The summed E-state index contributed by atoms with van der Waals surface area (Å²) in [6.07, 6.45) is 14.4. The molecular formula is C18H28NaP. The summed E-state index contributed by atoms with van der Waals surface area (Å²) in [5.41, 5.74) is 3.43. The van der Waals surface area contributed by atoms with Gasteiger partial charge in [-0.1, -0.05) is 56.7 Å². The Morgan fingerprint density at radius 1 is 0.750 bits per heavy atom. The van der Waals surface area contributed by atoms with Gasteiger partial charge in [0.2, 0.25) is 0 Å². The monoisotopic (exact) mass is 298 g/mol. The molecule has 0 saturated heterocycles. The zero-order chi connectivity index (χ0) is 13.1. The number of hydrogen-bond donors (Lipinski definition) is 0. The Morgan fingerprint density at radius 2 is 1.30 bits per heavy atom. The topological polar surface area (TPSA) is 0 Å². The van der Waals surface area contributed by atoms with Crippen molar-refractivity contribution in [1.82, 2.24) is 0 Å². The van der Waals surface area contributed by atoms with E-state index in [9.17, 15) is 0 Å². The van der Waals surface area contributed by atoms with E-state index in [1.165, 1.54) is 69.5 Å². The maximum atomic E-state index is 3.01. The second kappa shape index (κ2) is 8.33. The number of benzene rings is 1. The molecule has 0 radical (unpaired) electrons. The van der Waals surface area contributed by atoms with Gasteiger partial charge in [0.05, 0.1) is 0 Å². The van der Waals surface area contributed by atoms with Gasteiger partial charge in [-0.15, -0.1) is 9.24 Å². The summed E-state index contributed by atoms with van der Waals surface area (Å²) >= 11 is 0. The van der Waals surface area contributed by atoms with Crippen molar-refractivity contribution in [2.24, 2.45) is 0 Å². The molecule has 2 heteroatoms. The van der Waals surface area contributed by atoms with Crippen molar-refractivity contribution in [3.8, 4) is 0 Å². The van der Waals surface area contributed by atoms with Crippen LogP contribution in [-0.2, 0) is 0 Å².